The third kappa shape index (κ3) is 3.54. The van der Waals surface area contributed by atoms with E-state index in [4.69, 9.17) is 5.73 Å². The van der Waals surface area contributed by atoms with Crippen LogP contribution < -0.4 is 11.1 Å². The molecule has 2 rings (SSSR count). The first kappa shape index (κ1) is 12.1. The van der Waals surface area contributed by atoms with E-state index in [1.54, 1.807) is 0 Å². The quantitative estimate of drug-likeness (QED) is 0.769. The highest BCUT2D eigenvalue weighted by atomic mass is 16.1. The maximum atomic E-state index is 11.1. The van der Waals surface area contributed by atoms with E-state index in [-0.39, 0.29) is 11.9 Å². The van der Waals surface area contributed by atoms with Crippen molar-refractivity contribution in [1.82, 2.24) is 10.2 Å². The molecule has 1 atom stereocenters. The van der Waals surface area contributed by atoms with Gasteiger partial charge in [0.25, 0.3) is 0 Å². The summed E-state index contributed by atoms with van der Waals surface area (Å²) in [6.07, 6.45) is 1.02. The number of nitrogens with zero attached hydrogens (tertiary/aromatic N) is 1. The van der Waals surface area contributed by atoms with Crippen molar-refractivity contribution < 1.29 is 4.79 Å². The molecule has 1 heterocycles. The second kappa shape index (κ2) is 5.80. The number of nitrogens with one attached hydrogen (secondary N) is 1. The van der Waals surface area contributed by atoms with Crippen LogP contribution in [-0.4, -0.2) is 43.0 Å². The van der Waals surface area contributed by atoms with Gasteiger partial charge in [-0.05, 0) is 12.0 Å². The number of nitrogens with two attached hydrogens (primary N) is 1. The minimum Gasteiger partial charge on any atom is -0.368 e. The summed E-state index contributed by atoms with van der Waals surface area (Å²) in [7, 11) is 0. The number of hydrogen-bond donors (Lipinski definition) is 2. The molecule has 3 N–H and O–H groups in total. The maximum absolute atomic E-state index is 11.1. The van der Waals surface area contributed by atoms with Crippen LogP contribution in [0, 0.1) is 0 Å². The molecule has 4 nitrogen and oxygen atoms in total. The first-order chi connectivity index (χ1) is 8.25. The van der Waals surface area contributed by atoms with Crippen molar-refractivity contribution in [1.29, 1.82) is 0 Å². The van der Waals surface area contributed by atoms with Crippen LogP contribution in [0.4, 0.5) is 0 Å². The van der Waals surface area contributed by atoms with Crippen molar-refractivity contribution in [3.8, 4) is 0 Å². The Bertz CT molecular complexity index is 366. The summed E-state index contributed by atoms with van der Waals surface area (Å²) in [5.41, 5.74) is 6.64. The number of rotatable bonds is 4. The molecule has 0 aliphatic carbocycles. The van der Waals surface area contributed by atoms with Gasteiger partial charge in [0.15, 0.2) is 0 Å². The molecule has 1 aliphatic heterocycles. The number of primary amides is 1. The fraction of sp³-hybridized carbons (Fsp3) is 0.462. The summed E-state index contributed by atoms with van der Waals surface area (Å²) in [6, 6.07) is 10.2. The molecule has 4 heteroatoms. The van der Waals surface area contributed by atoms with Gasteiger partial charge in [-0.15, -0.1) is 0 Å². The lowest BCUT2D eigenvalue weighted by Gasteiger charge is -2.32. The molecule has 1 fully saturated rings. The average Bonchev–Trinajstić information content (AvgIpc) is 2.38. The second-order valence-electron chi connectivity index (χ2n) is 4.45. The molecule has 1 aliphatic rings. The molecular formula is C13H19N3O. The molecule has 1 amide bonds. The monoisotopic (exact) mass is 233 g/mol. The molecular weight excluding hydrogens is 214 g/mol. The molecule has 92 valence electrons. The van der Waals surface area contributed by atoms with Gasteiger partial charge in [-0.2, -0.15) is 0 Å². The summed E-state index contributed by atoms with van der Waals surface area (Å²) in [5.74, 6) is -0.255. The molecule has 1 saturated heterocycles. The minimum atomic E-state index is -0.255. The second-order valence-corrected chi connectivity index (χ2v) is 4.45. The van der Waals surface area contributed by atoms with E-state index in [0.29, 0.717) is 0 Å². The van der Waals surface area contributed by atoms with Gasteiger partial charge in [0, 0.05) is 26.2 Å². The fourth-order valence-electron chi connectivity index (χ4n) is 2.14. The third-order valence-electron chi connectivity index (χ3n) is 3.16. The third-order valence-corrected chi connectivity index (χ3v) is 3.16. The van der Waals surface area contributed by atoms with Gasteiger partial charge in [0.1, 0.15) is 0 Å². The Kier molecular flexibility index (Phi) is 4.12. The van der Waals surface area contributed by atoms with Crippen molar-refractivity contribution in [3.63, 3.8) is 0 Å². The van der Waals surface area contributed by atoms with Crippen molar-refractivity contribution >= 4 is 5.91 Å². The number of amides is 1. The molecule has 0 radical (unpaired) electrons. The zero-order valence-electron chi connectivity index (χ0n) is 9.93. The molecule has 1 aromatic carbocycles. The molecule has 0 bridgehead atoms. The van der Waals surface area contributed by atoms with E-state index in [1.165, 1.54) is 5.56 Å². The zero-order valence-corrected chi connectivity index (χ0v) is 9.93. The Labute approximate surface area is 102 Å². The first-order valence-electron chi connectivity index (χ1n) is 6.04. The standard InChI is InChI=1S/C13H19N3O/c14-13(17)12-10-16(9-7-15-12)8-6-11-4-2-1-3-5-11/h1-5,12,15H,6-10H2,(H2,14,17). The van der Waals surface area contributed by atoms with Crippen molar-refractivity contribution in [2.24, 2.45) is 5.73 Å². The van der Waals surface area contributed by atoms with Crippen LogP contribution in [-0.2, 0) is 11.2 Å². The van der Waals surface area contributed by atoms with Crippen LogP contribution in [0.5, 0.6) is 0 Å². The lowest BCUT2D eigenvalue weighted by molar-refractivity contribution is -0.121. The molecule has 1 aromatic rings. The number of piperazine rings is 1. The number of carbonyl (C=O) groups is 1. The van der Waals surface area contributed by atoms with Gasteiger partial charge in [-0.1, -0.05) is 30.3 Å². The van der Waals surface area contributed by atoms with Crippen LogP contribution >= 0.6 is 0 Å². The van der Waals surface area contributed by atoms with Gasteiger partial charge >= 0.3 is 0 Å². The van der Waals surface area contributed by atoms with Crippen molar-refractivity contribution in [3.05, 3.63) is 35.9 Å². The number of benzene rings is 1. The summed E-state index contributed by atoms with van der Waals surface area (Å²) in [4.78, 5) is 13.4. The molecule has 0 spiro atoms. The SMILES string of the molecule is NC(=O)C1CN(CCc2ccccc2)CCN1. The van der Waals surface area contributed by atoms with Crippen LogP contribution in [0.2, 0.25) is 0 Å². The van der Waals surface area contributed by atoms with Gasteiger partial charge in [0.2, 0.25) is 5.91 Å². The molecule has 0 saturated carbocycles. The summed E-state index contributed by atoms with van der Waals surface area (Å²) in [5, 5.41) is 3.13. The summed E-state index contributed by atoms with van der Waals surface area (Å²) >= 11 is 0. The smallest absolute Gasteiger partial charge is 0.235 e. The van der Waals surface area contributed by atoms with E-state index in [1.807, 2.05) is 6.07 Å². The molecule has 0 aromatic heterocycles. The Morgan fingerprint density at radius 1 is 1.41 bits per heavy atom. The first-order valence-corrected chi connectivity index (χ1v) is 6.04. The van der Waals surface area contributed by atoms with E-state index >= 15 is 0 Å². The van der Waals surface area contributed by atoms with E-state index in [0.717, 1.165) is 32.6 Å². The maximum Gasteiger partial charge on any atom is 0.235 e. The molecule has 17 heavy (non-hydrogen) atoms. The lowest BCUT2D eigenvalue weighted by Crippen LogP contribution is -2.56. The predicted molar refractivity (Wildman–Crippen MR) is 67.6 cm³/mol. The number of hydrogen-bond acceptors (Lipinski definition) is 3. The van der Waals surface area contributed by atoms with E-state index < -0.39 is 0 Å². The average molecular weight is 233 g/mol. The van der Waals surface area contributed by atoms with Crippen LogP contribution in [0.1, 0.15) is 5.56 Å². The van der Waals surface area contributed by atoms with Crippen LogP contribution in [0.15, 0.2) is 30.3 Å². The van der Waals surface area contributed by atoms with Gasteiger partial charge in [0.05, 0.1) is 6.04 Å². The summed E-state index contributed by atoms with van der Waals surface area (Å²) in [6.45, 7) is 3.52. The zero-order chi connectivity index (χ0) is 12.1. The Hall–Kier alpha value is -1.39. The topological polar surface area (TPSA) is 58.4 Å². The highest BCUT2D eigenvalue weighted by Gasteiger charge is 2.22. The van der Waals surface area contributed by atoms with Crippen molar-refractivity contribution in [2.45, 2.75) is 12.5 Å². The lowest BCUT2D eigenvalue weighted by atomic mass is 10.1. The highest BCUT2D eigenvalue weighted by molar-refractivity contribution is 5.80. The van der Waals surface area contributed by atoms with Gasteiger partial charge in [-0.3, -0.25) is 9.69 Å². The predicted octanol–water partition coefficient (Wildman–Crippen LogP) is -0.0118. The van der Waals surface area contributed by atoms with Gasteiger partial charge < -0.3 is 11.1 Å². The largest absolute Gasteiger partial charge is 0.368 e. The summed E-state index contributed by atoms with van der Waals surface area (Å²) < 4.78 is 0. The normalized spacial score (nSPS) is 21.3. The Morgan fingerprint density at radius 2 is 2.18 bits per heavy atom. The van der Waals surface area contributed by atoms with Gasteiger partial charge in [-0.25, -0.2) is 0 Å². The molecule has 1 unspecified atom stereocenters. The van der Waals surface area contributed by atoms with E-state index in [9.17, 15) is 4.79 Å². The van der Waals surface area contributed by atoms with Crippen molar-refractivity contribution in [2.75, 3.05) is 26.2 Å². The Morgan fingerprint density at radius 3 is 2.88 bits per heavy atom. The van der Waals surface area contributed by atoms with Crippen LogP contribution in [0.3, 0.4) is 0 Å². The Balaban J connectivity index is 1.81. The highest BCUT2D eigenvalue weighted by Crippen LogP contribution is 2.04. The number of carbonyl (C=O) groups excluding carboxylic acids is 1. The van der Waals surface area contributed by atoms with Crippen LogP contribution in [0.25, 0.3) is 0 Å². The van der Waals surface area contributed by atoms with E-state index in [2.05, 4.69) is 34.5 Å². The fourth-order valence-corrected chi connectivity index (χ4v) is 2.14. The minimum absolute atomic E-state index is 0.195.